The number of nitrogens with zero attached hydrogens (tertiary/aromatic N) is 1. The number of aliphatic imine (C=N–C) groups is 1. The largest absolute Gasteiger partial charge is 0.370 e. The molecule has 1 fully saturated rings. The molecule has 3 N–H and O–H groups in total. The zero-order valence-corrected chi connectivity index (χ0v) is 11.8. The normalized spacial score (nSPS) is 16.2. The van der Waals surface area contributed by atoms with Crippen LogP contribution in [0.5, 0.6) is 0 Å². The molecule has 3 nitrogen and oxygen atoms in total. The lowest BCUT2D eigenvalue weighted by Gasteiger charge is -2.23. The molecule has 0 spiro atoms. The van der Waals surface area contributed by atoms with Crippen molar-refractivity contribution in [2.24, 2.45) is 16.6 Å². The van der Waals surface area contributed by atoms with E-state index in [4.69, 9.17) is 5.73 Å². The highest BCUT2D eigenvalue weighted by molar-refractivity contribution is 7.99. The van der Waals surface area contributed by atoms with E-state index in [1.807, 2.05) is 0 Å². The Bertz CT molecular complexity index is 415. The van der Waals surface area contributed by atoms with Crippen molar-refractivity contribution in [3.8, 4) is 0 Å². The monoisotopic (exact) mass is 281 g/mol. The van der Waals surface area contributed by atoms with E-state index in [9.17, 15) is 4.39 Å². The third-order valence-electron chi connectivity index (χ3n) is 3.24. The molecule has 0 amide bonds. The molecule has 0 bridgehead atoms. The van der Waals surface area contributed by atoms with Crippen LogP contribution < -0.4 is 11.1 Å². The second kappa shape index (κ2) is 7.38. The lowest BCUT2D eigenvalue weighted by molar-refractivity contribution is 0.326. The van der Waals surface area contributed by atoms with Gasteiger partial charge in [-0.05, 0) is 43.0 Å². The molecule has 19 heavy (non-hydrogen) atoms. The van der Waals surface area contributed by atoms with Crippen LogP contribution >= 0.6 is 11.8 Å². The first-order chi connectivity index (χ1) is 9.24. The Kier molecular flexibility index (Phi) is 5.51. The molecule has 2 rings (SSSR count). The molecule has 0 heterocycles. The maximum absolute atomic E-state index is 12.7. The Balaban J connectivity index is 1.59. The summed E-state index contributed by atoms with van der Waals surface area (Å²) in [5.74, 6) is 1.96. The Labute approximate surface area is 117 Å². The van der Waals surface area contributed by atoms with Crippen LogP contribution in [0.25, 0.3) is 0 Å². The number of guanidine groups is 1. The lowest BCUT2D eigenvalue weighted by atomic mass is 9.86. The van der Waals surface area contributed by atoms with Gasteiger partial charge in [0.25, 0.3) is 0 Å². The summed E-state index contributed by atoms with van der Waals surface area (Å²) in [6, 6.07) is 6.52. The van der Waals surface area contributed by atoms with Gasteiger partial charge in [-0.15, -0.1) is 11.8 Å². The van der Waals surface area contributed by atoms with Crippen molar-refractivity contribution in [1.82, 2.24) is 5.32 Å². The van der Waals surface area contributed by atoms with Gasteiger partial charge < -0.3 is 11.1 Å². The molecule has 1 aromatic carbocycles. The Morgan fingerprint density at radius 3 is 2.74 bits per heavy atom. The number of benzene rings is 1. The van der Waals surface area contributed by atoms with Crippen LogP contribution in [-0.2, 0) is 0 Å². The molecule has 104 valence electrons. The maximum atomic E-state index is 12.7. The van der Waals surface area contributed by atoms with E-state index in [1.165, 1.54) is 31.4 Å². The van der Waals surface area contributed by atoms with E-state index in [1.54, 1.807) is 23.9 Å². The number of nitrogens with one attached hydrogen (secondary N) is 1. The predicted octanol–water partition coefficient (Wildman–Crippen LogP) is 2.62. The average Bonchev–Trinajstić information content (AvgIpc) is 2.35. The zero-order valence-electron chi connectivity index (χ0n) is 10.9. The number of hydrogen-bond donors (Lipinski definition) is 2. The van der Waals surface area contributed by atoms with E-state index >= 15 is 0 Å². The molecule has 0 atom stereocenters. The van der Waals surface area contributed by atoms with Crippen molar-refractivity contribution < 1.29 is 4.39 Å². The van der Waals surface area contributed by atoms with Crippen molar-refractivity contribution in [1.29, 1.82) is 0 Å². The predicted molar refractivity (Wildman–Crippen MR) is 79.0 cm³/mol. The van der Waals surface area contributed by atoms with Crippen molar-refractivity contribution in [3.05, 3.63) is 30.1 Å². The average molecular weight is 281 g/mol. The summed E-state index contributed by atoms with van der Waals surface area (Å²) in [4.78, 5) is 5.39. The molecule has 0 aliphatic heterocycles. The summed E-state index contributed by atoms with van der Waals surface area (Å²) in [6.07, 6.45) is 3.91. The summed E-state index contributed by atoms with van der Waals surface area (Å²) in [7, 11) is 0. The topological polar surface area (TPSA) is 50.4 Å². The lowest BCUT2D eigenvalue weighted by Crippen LogP contribution is -2.34. The van der Waals surface area contributed by atoms with Crippen LogP contribution in [0.4, 0.5) is 4.39 Å². The summed E-state index contributed by atoms with van der Waals surface area (Å²) in [5.41, 5.74) is 5.78. The van der Waals surface area contributed by atoms with Gasteiger partial charge in [-0.1, -0.05) is 6.42 Å². The number of nitrogens with two attached hydrogens (primary N) is 1. The molecule has 1 saturated carbocycles. The molecule has 0 aromatic heterocycles. The van der Waals surface area contributed by atoms with Gasteiger partial charge in [0.2, 0.25) is 0 Å². The number of halogens is 1. The minimum atomic E-state index is -0.199. The molecular weight excluding hydrogens is 261 g/mol. The van der Waals surface area contributed by atoms with E-state index in [0.29, 0.717) is 5.96 Å². The minimum absolute atomic E-state index is 0.199. The van der Waals surface area contributed by atoms with Crippen molar-refractivity contribution in [2.45, 2.75) is 24.2 Å². The first-order valence-electron chi connectivity index (χ1n) is 6.66. The van der Waals surface area contributed by atoms with Crippen LogP contribution in [0.15, 0.2) is 34.2 Å². The third-order valence-corrected chi connectivity index (χ3v) is 4.25. The fourth-order valence-electron chi connectivity index (χ4n) is 1.84. The Morgan fingerprint density at radius 2 is 2.11 bits per heavy atom. The van der Waals surface area contributed by atoms with Gasteiger partial charge in [0.05, 0.1) is 0 Å². The van der Waals surface area contributed by atoms with E-state index in [-0.39, 0.29) is 5.82 Å². The molecule has 1 aliphatic rings. The standard InChI is InChI=1S/C14H20FN3S/c15-12-4-6-13(7-5-12)19-9-8-17-14(16)18-10-11-2-1-3-11/h4-7,11H,1-3,8-10H2,(H3,16,17,18). The minimum Gasteiger partial charge on any atom is -0.370 e. The Morgan fingerprint density at radius 1 is 1.37 bits per heavy atom. The quantitative estimate of drug-likeness (QED) is 0.365. The van der Waals surface area contributed by atoms with Crippen molar-refractivity contribution in [2.75, 3.05) is 18.8 Å². The van der Waals surface area contributed by atoms with Gasteiger partial charge in [0, 0.05) is 23.7 Å². The summed E-state index contributed by atoms with van der Waals surface area (Å²) in [6.45, 7) is 1.62. The zero-order chi connectivity index (χ0) is 13.5. The molecule has 0 saturated heterocycles. The second-order valence-electron chi connectivity index (χ2n) is 4.75. The first-order valence-corrected chi connectivity index (χ1v) is 7.65. The third kappa shape index (κ3) is 5.11. The van der Waals surface area contributed by atoms with Gasteiger partial charge in [-0.25, -0.2) is 4.39 Å². The molecule has 0 unspecified atom stereocenters. The van der Waals surface area contributed by atoms with Gasteiger partial charge >= 0.3 is 0 Å². The van der Waals surface area contributed by atoms with Crippen LogP contribution in [0.1, 0.15) is 19.3 Å². The number of rotatable bonds is 6. The van der Waals surface area contributed by atoms with Gasteiger partial charge in [-0.3, -0.25) is 4.99 Å². The van der Waals surface area contributed by atoms with Crippen LogP contribution in [-0.4, -0.2) is 24.8 Å². The van der Waals surface area contributed by atoms with Crippen molar-refractivity contribution in [3.63, 3.8) is 0 Å². The first kappa shape index (κ1) is 14.2. The number of hydrogen-bond acceptors (Lipinski definition) is 2. The summed E-state index contributed by atoms with van der Waals surface area (Å²) >= 11 is 1.67. The molecule has 5 heteroatoms. The van der Waals surface area contributed by atoms with Gasteiger partial charge in [0.15, 0.2) is 5.96 Å². The second-order valence-corrected chi connectivity index (χ2v) is 5.92. The summed E-state index contributed by atoms with van der Waals surface area (Å²) < 4.78 is 12.7. The van der Waals surface area contributed by atoms with Crippen LogP contribution in [0, 0.1) is 11.7 Å². The fraction of sp³-hybridized carbons (Fsp3) is 0.500. The highest BCUT2D eigenvalue weighted by Crippen LogP contribution is 2.26. The van der Waals surface area contributed by atoms with E-state index in [2.05, 4.69) is 10.3 Å². The smallest absolute Gasteiger partial charge is 0.188 e. The van der Waals surface area contributed by atoms with Crippen molar-refractivity contribution >= 4 is 17.7 Å². The molecular formula is C14H20FN3S. The number of thioether (sulfide) groups is 1. The highest BCUT2D eigenvalue weighted by atomic mass is 32.2. The summed E-state index contributed by atoms with van der Waals surface area (Å²) in [5, 5.41) is 3.10. The van der Waals surface area contributed by atoms with Gasteiger partial charge in [0.1, 0.15) is 5.82 Å². The molecule has 0 radical (unpaired) electrons. The van der Waals surface area contributed by atoms with E-state index < -0.39 is 0 Å². The van der Waals surface area contributed by atoms with E-state index in [0.717, 1.165) is 29.7 Å². The Hall–Kier alpha value is -1.23. The van der Waals surface area contributed by atoms with Crippen LogP contribution in [0.3, 0.4) is 0 Å². The fourth-order valence-corrected chi connectivity index (χ4v) is 2.61. The SMILES string of the molecule is NC(=NCC1CCC1)NCCSc1ccc(F)cc1. The maximum Gasteiger partial charge on any atom is 0.188 e. The highest BCUT2D eigenvalue weighted by Gasteiger charge is 2.16. The van der Waals surface area contributed by atoms with Crippen LogP contribution in [0.2, 0.25) is 0 Å². The molecule has 1 aromatic rings. The van der Waals surface area contributed by atoms with Gasteiger partial charge in [-0.2, -0.15) is 0 Å². The molecule has 1 aliphatic carbocycles.